The van der Waals surface area contributed by atoms with Crippen molar-refractivity contribution in [2.24, 2.45) is 0 Å². The Bertz CT molecular complexity index is 1280. The van der Waals surface area contributed by atoms with Crippen LogP contribution in [0.15, 0.2) is 60.8 Å². The minimum atomic E-state index is -4.74. The standard InChI is InChI=1S/C26H26F3N5O4/c1-30-24(35)21-14-19(11-13-32-21)38-18-9-7-16(8-10-18)33-25(36)34-20-5-2-6-22(23(20)26(27,28)29)37-15-17-4-3-12-31-17/h2,5-11,13-14,17,31H,3-4,12,15H2,1H3,(H,30,35)(H2,33,34,36). The Balaban J connectivity index is 1.40. The van der Waals surface area contributed by atoms with E-state index in [1.807, 2.05) is 0 Å². The molecule has 0 aliphatic carbocycles. The smallest absolute Gasteiger partial charge is 0.421 e. The van der Waals surface area contributed by atoms with Gasteiger partial charge in [-0.3, -0.25) is 9.78 Å². The van der Waals surface area contributed by atoms with E-state index in [4.69, 9.17) is 9.47 Å². The summed E-state index contributed by atoms with van der Waals surface area (Å²) >= 11 is 0. The topological polar surface area (TPSA) is 114 Å². The van der Waals surface area contributed by atoms with Gasteiger partial charge >= 0.3 is 12.2 Å². The van der Waals surface area contributed by atoms with Crippen LogP contribution in [0.4, 0.5) is 29.3 Å². The number of benzene rings is 2. The molecular formula is C26H26F3N5O4. The van der Waals surface area contributed by atoms with Gasteiger partial charge in [-0.15, -0.1) is 0 Å². The highest BCUT2D eigenvalue weighted by Crippen LogP contribution is 2.41. The van der Waals surface area contributed by atoms with Crippen LogP contribution >= 0.6 is 0 Å². The average molecular weight is 530 g/mol. The van der Waals surface area contributed by atoms with Crippen molar-refractivity contribution >= 4 is 23.3 Å². The van der Waals surface area contributed by atoms with Crippen LogP contribution in [0.2, 0.25) is 0 Å². The van der Waals surface area contributed by atoms with Crippen molar-refractivity contribution in [1.29, 1.82) is 0 Å². The third-order valence-electron chi connectivity index (χ3n) is 5.70. The van der Waals surface area contributed by atoms with Crippen molar-refractivity contribution in [3.63, 3.8) is 0 Å². The van der Waals surface area contributed by atoms with E-state index < -0.39 is 23.5 Å². The average Bonchev–Trinajstić information content (AvgIpc) is 3.41. The number of alkyl halides is 3. The van der Waals surface area contributed by atoms with Crippen molar-refractivity contribution in [2.45, 2.75) is 25.1 Å². The quantitative estimate of drug-likeness (QED) is 0.326. The second-order valence-corrected chi connectivity index (χ2v) is 8.44. The van der Waals surface area contributed by atoms with Gasteiger partial charge in [-0.1, -0.05) is 6.07 Å². The van der Waals surface area contributed by atoms with Crippen LogP contribution in [0, 0.1) is 0 Å². The zero-order valence-electron chi connectivity index (χ0n) is 20.4. The number of pyridine rings is 1. The van der Waals surface area contributed by atoms with Crippen LogP contribution in [0.3, 0.4) is 0 Å². The molecule has 1 aromatic heterocycles. The first kappa shape index (κ1) is 26.7. The van der Waals surface area contributed by atoms with E-state index in [1.54, 1.807) is 18.2 Å². The number of amides is 3. The lowest BCUT2D eigenvalue weighted by atomic mass is 10.1. The molecule has 4 rings (SSSR count). The number of carbonyl (C=O) groups excluding carboxylic acids is 2. The lowest BCUT2D eigenvalue weighted by molar-refractivity contribution is -0.138. The van der Waals surface area contributed by atoms with Gasteiger partial charge in [0.15, 0.2) is 0 Å². The summed E-state index contributed by atoms with van der Waals surface area (Å²) in [6.07, 6.45) is -1.55. The van der Waals surface area contributed by atoms with E-state index in [-0.39, 0.29) is 30.0 Å². The van der Waals surface area contributed by atoms with Crippen LogP contribution in [-0.4, -0.2) is 43.2 Å². The fourth-order valence-electron chi connectivity index (χ4n) is 3.89. The molecule has 1 atom stereocenters. The summed E-state index contributed by atoms with van der Waals surface area (Å²) in [6.45, 7) is 0.900. The van der Waals surface area contributed by atoms with Gasteiger partial charge in [0.2, 0.25) is 0 Å². The summed E-state index contributed by atoms with van der Waals surface area (Å²) in [6, 6.07) is 12.1. The van der Waals surface area contributed by atoms with Gasteiger partial charge in [-0.2, -0.15) is 13.2 Å². The van der Waals surface area contributed by atoms with E-state index >= 15 is 0 Å². The summed E-state index contributed by atoms with van der Waals surface area (Å²) in [5.41, 5.74) is -0.964. The second-order valence-electron chi connectivity index (χ2n) is 8.44. The highest BCUT2D eigenvalue weighted by molar-refractivity contribution is 6.00. The number of anilines is 2. The summed E-state index contributed by atoms with van der Waals surface area (Å²) in [4.78, 5) is 28.2. The zero-order chi connectivity index (χ0) is 27.1. The maximum Gasteiger partial charge on any atom is 0.421 e. The predicted octanol–water partition coefficient (Wildman–Crippen LogP) is 5.03. The number of carbonyl (C=O) groups is 2. The van der Waals surface area contributed by atoms with E-state index in [1.165, 1.54) is 49.6 Å². The summed E-state index contributed by atoms with van der Waals surface area (Å²) in [5.74, 6) is 0.0762. The van der Waals surface area contributed by atoms with Crippen LogP contribution < -0.4 is 30.7 Å². The molecule has 2 heterocycles. The summed E-state index contributed by atoms with van der Waals surface area (Å²) < 4.78 is 52.9. The fraction of sp³-hybridized carbons (Fsp3) is 0.269. The van der Waals surface area contributed by atoms with E-state index in [0.29, 0.717) is 17.2 Å². The first-order valence-electron chi connectivity index (χ1n) is 11.8. The molecule has 0 bridgehead atoms. The normalized spacial score (nSPS) is 15.0. The number of aromatic nitrogens is 1. The fourth-order valence-corrected chi connectivity index (χ4v) is 3.89. The molecule has 2 aromatic carbocycles. The first-order valence-corrected chi connectivity index (χ1v) is 11.8. The van der Waals surface area contributed by atoms with Gasteiger partial charge in [-0.25, -0.2) is 4.79 Å². The van der Waals surface area contributed by atoms with Crippen LogP contribution in [0.1, 0.15) is 28.9 Å². The van der Waals surface area contributed by atoms with E-state index in [0.717, 1.165) is 19.4 Å². The number of urea groups is 1. The van der Waals surface area contributed by atoms with Crippen LogP contribution in [0.25, 0.3) is 0 Å². The second kappa shape index (κ2) is 11.8. The molecule has 200 valence electrons. The van der Waals surface area contributed by atoms with E-state index in [2.05, 4.69) is 26.3 Å². The number of rotatable bonds is 8. The molecule has 0 saturated carbocycles. The first-order chi connectivity index (χ1) is 18.2. The van der Waals surface area contributed by atoms with Gasteiger partial charge in [0.25, 0.3) is 5.91 Å². The van der Waals surface area contributed by atoms with Crippen molar-refractivity contribution in [2.75, 3.05) is 30.8 Å². The SMILES string of the molecule is CNC(=O)c1cc(Oc2ccc(NC(=O)Nc3cccc(OCC4CCCN4)c3C(F)(F)F)cc2)ccn1. The van der Waals surface area contributed by atoms with Crippen molar-refractivity contribution in [1.82, 2.24) is 15.6 Å². The molecular weight excluding hydrogens is 503 g/mol. The number of nitrogens with zero attached hydrogens (tertiary/aromatic N) is 1. The Morgan fingerprint density at radius 2 is 1.87 bits per heavy atom. The molecule has 4 N–H and O–H groups in total. The number of hydrogen-bond acceptors (Lipinski definition) is 6. The minimum Gasteiger partial charge on any atom is -0.491 e. The third-order valence-corrected chi connectivity index (χ3v) is 5.70. The Kier molecular flexibility index (Phi) is 8.31. The molecule has 38 heavy (non-hydrogen) atoms. The molecule has 1 aliphatic heterocycles. The zero-order valence-corrected chi connectivity index (χ0v) is 20.4. The van der Waals surface area contributed by atoms with Crippen molar-refractivity contribution < 1.29 is 32.2 Å². The van der Waals surface area contributed by atoms with E-state index in [9.17, 15) is 22.8 Å². The number of hydrogen-bond donors (Lipinski definition) is 4. The lowest BCUT2D eigenvalue weighted by Gasteiger charge is -2.20. The third kappa shape index (κ3) is 6.91. The molecule has 1 aliphatic rings. The number of halogens is 3. The van der Waals surface area contributed by atoms with Crippen LogP contribution in [-0.2, 0) is 6.18 Å². The number of nitrogens with one attached hydrogen (secondary N) is 4. The summed E-state index contributed by atoms with van der Waals surface area (Å²) in [5, 5.41) is 10.4. The molecule has 0 spiro atoms. The Morgan fingerprint density at radius 1 is 1.08 bits per heavy atom. The Hall–Kier alpha value is -4.32. The van der Waals surface area contributed by atoms with Gasteiger partial charge in [0, 0.05) is 31.0 Å². The molecule has 12 heteroatoms. The summed E-state index contributed by atoms with van der Waals surface area (Å²) in [7, 11) is 1.49. The van der Waals surface area contributed by atoms with Crippen molar-refractivity contribution in [3.05, 3.63) is 72.1 Å². The molecule has 3 amide bonds. The minimum absolute atomic E-state index is 0.0144. The van der Waals surface area contributed by atoms with Gasteiger partial charge in [-0.05, 0) is 61.9 Å². The molecule has 1 saturated heterocycles. The highest BCUT2D eigenvalue weighted by Gasteiger charge is 2.38. The van der Waals surface area contributed by atoms with Crippen molar-refractivity contribution in [3.8, 4) is 17.2 Å². The maximum absolute atomic E-state index is 13.9. The maximum atomic E-state index is 13.9. The molecule has 9 nitrogen and oxygen atoms in total. The molecule has 1 fully saturated rings. The van der Waals surface area contributed by atoms with Crippen LogP contribution in [0.5, 0.6) is 17.2 Å². The monoisotopic (exact) mass is 529 g/mol. The molecule has 1 unspecified atom stereocenters. The highest BCUT2D eigenvalue weighted by atomic mass is 19.4. The predicted molar refractivity (Wildman–Crippen MR) is 135 cm³/mol. The molecule has 3 aromatic rings. The lowest BCUT2D eigenvalue weighted by Crippen LogP contribution is -2.29. The Morgan fingerprint density at radius 3 is 2.55 bits per heavy atom. The van der Waals surface area contributed by atoms with Gasteiger partial charge < -0.3 is 30.7 Å². The number of ether oxygens (including phenoxy) is 2. The Labute approximate surface area is 216 Å². The molecule has 0 radical (unpaired) electrons. The largest absolute Gasteiger partial charge is 0.491 e. The van der Waals surface area contributed by atoms with Gasteiger partial charge in [0.05, 0.1) is 5.69 Å². The van der Waals surface area contributed by atoms with Gasteiger partial charge in [0.1, 0.15) is 35.1 Å².